The van der Waals surface area contributed by atoms with Gasteiger partial charge in [-0.3, -0.25) is 0 Å². The molecule has 1 N–H and O–H groups in total. The van der Waals surface area contributed by atoms with Crippen molar-refractivity contribution in [3.05, 3.63) is 59.2 Å². The SMILES string of the molecule is CC1(C)CC(C)(C)c2cc(C(=O)Oc3ccc(C(=O)O)cc3)ccc2O1. The summed E-state index contributed by atoms with van der Waals surface area (Å²) in [5.74, 6) is -0.429. The third-order valence-corrected chi connectivity index (χ3v) is 4.51. The van der Waals surface area contributed by atoms with Crippen LogP contribution in [0.4, 0.5) is 0 Å². The number of esters is 1. The molecule has 0 bridgehead atoms. The Morgan fingerprint density at radius 1 is 1.00 bits per heavy atom. The van der Waals surface area contributed by atoms with Gasteiger partial charge in [0.25, 0.3) is 0 Å². The molecule has 3 rings (SSSR count). The molecule has 136 valence electrons. The molecule has 2 aromatic rings. The van der Waals surface area contributed by atoms with Crippen molar-refractivity contribution in [2.24, 2.45) is 0 Å². The molecule has 5 nitrogen and oxygen atoms in total. The van der Waals surface area contributed by atoms with Gasteiger partial charge >= 0.3 is 11.9 Å². The Kier molecular flexibility index (Phi) is 4.26. The number of aromatic carboxylic acids is 1. The summed E-state index contributed by atoms with van der Waals surface area (Å²) in [6.07, 6.45) is 0.835. The van der Waals surface area contributed by atoms with Crippen LogP contribution in [0.25, 0.3) is 0 Å². The normalized spacial score (nSPS) is 16.9. The highest BCUT2D eigenvalue weighted by molar-refractivity contribution is 5.92. The van der Waals surface area contributed by atoms with Crippen LogP contribution in [-0.4, -0.2) is 22.6 Å². The summed E-state index contributed by atoms with van der Waals surface area (Å²) in [6.45, 7) is 8.38. The molecule has 0 fully saturated rings. The van der Waals surface area contributed by atoms with Crippen LogP contribution in [0.3, 0.4) is 0 Å². The first kappa shape index (κ1) is 18.0. The number of carbonyl (C=O) groups excluding carboxylic acids is 1. The topological polar surface area (TPSA) is 72.8 Å². The lowest BCUT2D eigenvalue weighted by atomic mass is 9.73. The standard InChI is InChI=1S/C21H22O5/c1-20(2)12-21(3,4)26-17-10-7-14(11-16(17)20)19(24)25-15-8-5-13(6-9-15)18(22)23/h5-11H,12H2,1-4H3,(H,22,23). The summed E-state index contributed by atoms with van der Waals surface area (Å²) < 4.78 is 11.4. The lowest BCUT2D eigenvalue weighted by molar-refractivity contribution is 0.0532. The minimum absolute atomic E-state index is 0.128. The minimum atomic E-state index is -1.03. The van der Waals surface area contributed by atoms with Gasteiger partial charge in [-0.25, -0.2) is 9.59 Å². The van der Waals surface area contributed by atoms with Crippen LogP contribution in [0, 0.1) is 0 Å². The third-order valence-electron chi connectivity index (χ3n) is 4.51. The molecule has 0 atom stereocenters. The van der Waals surface area contributed by atoms with E-state index in [4.69, 9.17) is 14.6 Å². The molecule has 0 saturated carbocycles. The van der Waals surface area contributed by atoms with Crippen molar-refractivity contribution < 1.29 is 24.2 Å². The quantitative estimate of drug-likeness (QED) is 0.651. The van der Waals surface area contributed by atoms with Crippen molar-refractivity contribution in [3.8, 4) is 11.5 Å². The summed E-state index contributed by atoms with van der Waals surface area (Å²) in [5.41, 5.74) is 1.16. The van der Waals surface area contributed by atoms with Gasteiger partial charge in [-0.05, 0) is 68.1 Å². The number of rotatable bonds is 3. The lowest BCUT2D eigenvalue weighted by Crippen LogP contribution is -2.41. The Labute approximate surface area is 152 Å². The lowest BCUT2D eigenvalue weighted by Gasteiger charge is -2.42. The maximum Gasteiger partial charge on any atom is 0.343 e. The summed E-state index contributed by atoms with van der Waals surface area (Å²) in [5, 5.41) is 8.91. The Bertz CT molecular complexity index is 862. The van der Waals surface area contributed by atoms with E-state index in [9.17, 15) is 9.59 Å². The number of carboxylic acid groups (broad SMARTS) is 1. The monoisotopic (exact) mass is 354 g/mol. The van der Waals surface area contributed by atoms with E-state index in [1.165, 1.54) is 24.3 Å². The summed E-state index contributed by atoms with van der Waals surface area (Å²) in [7, 11) is 0. The molecule has 0 spiro atoms. The largest absolute Gasteiger partial charge is 0.488 e. The van der Waals surface area contributed by atoms with E-state index in [-0.39, 0.29) is 16.6 Å². The molecule has 0 unspecified atom stereocenters. The van der Waals surface area contributed by atoms with E-state index < -0.39 is 11.9 Å². The highest BCUT2D eigenvalue weighted by Crippen LogP contribution is 2.44. The fourth-order valence-electron chi connectivity index (χ4n) is 3.60. The van der Waals surface area contributed by atoms with Gasteiger partial charge < -0.3 is 14.6 Å². The molecule has 0 aromatic heterocycles. The number of fused-ring (bicyclic) bond motifs is 1. The second-order valence-corrected chi connectivity index (χ2v) is 7.85. The van der Waals surface area contributed by atoms with E-state index in [2.05, 4.69) is 27.7 Å². The summed E-state index contributed by atoms with van der Waals surface area (Å²) >= 11 is 0. The fourth-order valence-corrected chi connectivity index (χ4v) is 3.60. The first-order valence-electron chi connectivity index (χ1n) is 8.46. The Morgan fingerprint density at radius 2 is 1.62 bits per heavy atom. The highest BCUT2D eigenvalue weighted by Gasteiger charge is 2.39. The van der Waals surface area contributed by atoms with Gasteiger partial charge in [0, 0.05) is 5.56 Å². The molecule has 0 amide bonds. The molecule has 0 saturated heterocycles. The summed E-state index contributed by atoms with van der Waals surface area (Å²) in [6, 6.07) is 11.0. The van der Waals surface area contributed by atoms with Gasteiger partial charge in [0.1, 0.15) is 17.1 Å². The van der Waals surface area contributed by atoms with Crippen LogP contribution in [-0.2, 0) is 5.41 Å². The van der Waals surface area contributed by atoms with E-state index in [0.717, 1.165) is 17.7 Å². The smallest absolute Gasteiger partial charge is 0.343 e. The molecule has 2 aromatic carbocycles. The number of hydrogen-bond acceptors (Lipinski definition) is 4. The molecule has 1 aliphatic heterocycles. The van der Waals surface area contributed by atoms with Gasteiger partial charge in [-0.1, -0.05) is 13.8 Å². The van der Waals surface area contributed by atoms with Crippen LogP contribution in [0.15, 0.2) is 42.5 Å². The van der Waals surface area contributed by atoms with Gasteiger partial charge in [-0.2, -0.15) is 0 Å². The molecule has 5 heteroatoms. The molecule has 0 radical (unpaired) electrons. The molecule has 0 aliphatic carbocycles. The van der Waals surface area contributed by atoms with Crippen molar-refractivity contribution in [1.29, 1.82) is 0 Å². The number of benzene rings is 2. The van der Waals surface area contributed by atoms with Crippen molar-refractivity contribution in [2.45, 2.75) is 45.1 Å². The molecular formula is C21H22O5. The van der Waals surface area contributed by atoms with Crippen molar-refractivity contribution in [3.63, 3.8) is 0 Å². The second-order valence-electron chi connectivity index (χ2n) is 7.85. The van der Waals surface area contributed by atoms with Crippen molar-refractivity contribution in [2.75, 3.05) is 0 Å². The van der Waals surface area contributed by atoms with Crippen LogP contribution < -0.4 is 9.47 Å². The molecule has 1 heterocycles. The van der Waals surface area contributed by atoms with Gasteiger partial charge in [0.05, 0.1) is 11.1 Å². The van der Waals surface area contributed by atoms with Crippen molar-refractivity contribution >= 4 is 11.9 Å². The first-order valence-corrected chi connectivity index (χ1v) is 8.46. The predicted molar refractivity (Wildman–Crippen MR) is 97.2 cm³/mol. The average molecular weight is 354 g/mol. The van der Waals surface area contributed by atoms with Crippen molar-refractivity contribution in [1.82, 2.24) is 0 Å². The summed E-state index contributed by atoms with van der Waals surface area (Å²) in [4.78, 5) is 23.4. The molecule has 26 heavy (non-hydrogen) atoms. The van der Waals surface area contributed by atoms with Gasteiger partial charge in [0.15, 0.2) is 0 Å². The zero-order valence-corrected chi connectivity index (χ0v) is 15.3. The van der Waals surface area contributed by atoms with E-state index in [0.29, 0.717) is 11.3 Å². The second kappa shape index (κ2) is 6.16. The molecular weight excluding hydrogens is 332 g/mol. The molecule has 1 aliphatic rings. The van der Waals surface area contributed by atoms with Crippen LogP contribution >= 0.6 is 0 Å². The zero-order chi connectivity index (χ0) is 19.1. The Balaban J connectivity index is 1.84. The first-order chi connectivity index (χ1) is 12.1. The van der Waals surface area contributed by atoms with Gasteiger partial charge in [-0.15, -0.1) is 0 Å². The van der Waals surface area contributed by atoms with Gasteiger partial charge in [0.2, 0.25) is 0 Å². The minimum Gasteiger partial charge on any atom is -0.488 e. The zero-order valence-electron chi connectivity index (χ0n) is 15.3. The van der Waals surface area contributed by atoms with Crippen LogP contribution in [0.5, 0.6) is 11.5 Å². The number of carboxylic acids is 1. The van der Waals surface area contributed by atoms with Crippen LogP contribution in [0.1, 0.15) is 60.4 Å². The average Bonchev–Trinajstić information content (AvgIpc) is 2.53. The Morgan fingerprint density at radius 3 is 2.23 bits per heavy atom. The number of carbonyl (C=O) groups is 2. The van der Waals surface area contributed by atoms with E-state index in [1.807, 2.05) is 12.1 Å². The fraction of sp³-hybridized carbons (Fsp3) is 0.333. The van der Waals surface area contributed by atoms with E-state index >= 15 is 0 Å². The van der Waals surface area contributed by atoms with E-state index in [1.54, 1.807) is 6.07 Å². The maximum atomic E-state index is 12.5. The third kappa shape index (κ3) is 3.57. The van der Waals surface area contributed by atoms with Crippen LogP contribution in [0.2, 0.25) is 0 Å². The predicted octanol–water partition coefficient (Wildman–Crippen LogP) is 4.44. The maximum absolute atomic E-state index is 12.5. The number of ether oxygens (including phenoxy) is 2. The Hall–Kier alpha value is -2.82. The number of hydrogen-bond donors (Lipinski definition) is 1. The highest BCUT2D eigenvalue weighted by atomic mass is 16.5.